The van der Waals surface area contributed by atoms with Gasteiger partial charge in [0, 0.05) is 17.6 Å². The molecule has 0 bridgehead atoms. The van der Waals surface area contributed by atoms with E-state index in [4.69, 9.17) is 27.9 Å². The summed E-state index contributed by atoms with van der Waals surface area (Å²) in [7, 11) is -2.70. The molecule has 0 spiro atoms. The van der Waals surface area contributed by atoms with Crippen LogP contribution in [-0.4, -0.2) is 50.9 Å². The number of nitrogens with one attached hydrogen (secondary N) is 1. The smallest absolute Gasteiger partial charge is 0.264 e. The Morgan fingerprint density at radius 2 is 1.64 bits per heavy atom. The summed E-state index contributed by atoms with van der Waals surface area (Å²) in [6.45, 7) is 2.97. The Labute approximate surface area is 257 Å². The summed E-state index contributed by atoms with van der Waals surface area (Å²) in [6, 6.07) is 17.1. The Bertz CT molecular complexity index is 1510. The number of amides is 2. The fraction of sp³-hybridized carbons (Fsp3) is 0.355. The summed E-state index contributed by atoms with van der Waals surface area (Å²) in [4.78, 5) is 28.8. The topological polar surface area (TPSA) is 96.0 Å². The first-order valence-electron chi connectivity index (χ1n) is 13.8. The van der Waals surface area contributed by atoms with E-state index in [1.54, 1.807) is 50.4 Å². The van der Waals surface area contributed by atoms with E-state index < -0.39 is 28.5 Å². The maximum atomic E-state index is 14.1. The van der Waals surface area contributed by atoms with Gasteiger partial charge < -0.3 is 15.0 Å². The number of rotatable bonds is 11. The molecule has 1 saturated carbocycles. The summed E-state index contributed by atoms with van der Waals surface area (Å²) < 4.78 is 34.2. The number of carbonyl (C=O) groups excluding carboxylic acids is 2. The molecule has 0 saturated heterocycles. The zero-order valence-corrected chi connectivity index (χ0v) is 26.2. The van der Waals surface area contributed by atoms with E-state index in [1.807, 2.05) is 6.92 Å². The van der Waals surface area contributed by atoms with Gasteiger partial charge in [-0.1, -0.05) is 65.9 Å². The van der Waals surface area contributed by atoms with Crippen LogP contribution >= 0.6 is 23.2 Å². The molecule has 11 heteroatoms. The minimum absolute atomic E-state index is 0.00864. The van der Waals surface area contributed by atoms with Gasteiger partial charge in [-0.15, -0.1) is 0 Å². The fourth-order valence-electron chi connectivity index (χ4n) is 4.93. The molecule has 0 unspecified atom stereocenters. The third-order valence-corrected chi connectivity index (χ3v) is 9.77. The highest BCUT2D eigenvalue weighted by Gasteiger charge is 2.34. The second kappa shape index (κ2) is 13.8. The van der Waals surface area contributed by atoms with Crippen LogP contribution in [-0.2, 0) is 26.2 Å². The number of aryl methyl sites for hydroxylation is 1. The van der Waals surface area contributed by atoms with Crippen molar-refractivity contribution in [2.45, 2.75) is 63.1 Å². The van der Waals surface area contributed by atoms with Crippen molar-refractivity contribution >= 4 is 50.7 Å². The van der Waals surface area contributed by atoms with Gasteiger partial charge in [0.15, 0.2) is 0 Å². The second-order valence-corrected chi connectivity index (χ2v) is 13.2. The Kier molecular flexibility index (Phi) is 10.4. The highest BCUT2D eigenvalue weighted by molar-refractivity contribution is 7.92. The summed E-state index contributed by atoms with van der Waals surface area (Å²) in [5.41, 5.74) is 1.69. The summed E-state index contributed by atoms with van der Waals surface area (Å²) >= 11 is 12.7. The van der Waals surface area contributed by atoms with E-state index in [0.29, 0.717) is 5.75 Å². The molecule has 0 heterocycles. The van der Waals surface area contributed by atoms with Crippen LogP contribution in [0, 0.1) is 6.92 Å². The van der Waals surface area contributed by atoms with Crippen LogP contribution in [0.15, 0.2) is 71.6 Å². The molecule has 0 aromatic heterocycles. The molecule has 0 radical (unpaired) electrons. The van der Waals surface area contributed by atoms with Crippen molar-refractivity contribution in [2.75, 3.05) is 18.0 Å². The Morgan fingerprint density at radius 1 is 1.00 bits per heavy atom. The maximum Gasteiger partial charge on any atom is 0.264 e. The molecule has 2 amide bonds. The highest BCUT2D eigenvalue weighted by atomic mass is 35.5. The third kappa shape index (κ3) is 7.56. The lowest BCUT2D eigenvalue weighted by Crippen LogP contribution is -2.52. The van der Waals surface area contributed by atoms with Crippen molar-refractivity contribution in [2.24, 2.45) is 0 Å². The van der Waals surface area contributed by atoms with Gasteiger partial charge in [-0.3, -0.25) is 13.9 Å². The van der Waals surface area contributed by atoms with Crippen molar-refractivity contribution in [1.82, 2.24) is 10.2 Å². The number of methoxy groups -OCH3 is 1. The molecule has 224 valence electrons. The maximum absolute atomic E-state index is 14.1. The van der Waals surface area contributed by atoms with Crippen molar-refractivity contribution in [1.29, 1.82) is 0 Å². The molecular weight excluding hydrogens is 597 g/mol. The predicted molar refractivity (Wildman–Crippen MR) is 166 cm³/mol. The number of anilines is 1. The van der Waals surface area contributed by atoms with Crippen molar-refractivity contribution in [3.8, 4) is 5.75 Å². The second-order valence-electron chi connectivity index (χ2n) is 10.5. The van der Waals surface area contributed by atoms with E-state index >= 15 is 0 Å². The molecule has 1 fully saturated rings. The van der Waals surface area contributed by atoms with E-state index in [-0.39, 0.29) is 39.1 Å². The lowest BCUT2D eigenvalue weighted by atomic mass is 10.1. The molecule has 3 aromatic rings. The Balaban J connectivity index is 1.71. The number of ether oxygens (including phenoxy) is 1. The van der Waals surface area contributed by atoms with Crippen LogP contribution in [0.25, 0.3) is 0 Å². The first-order chi connectivity index (χ1) is 20.0. The fourth-order valence-corrected chi connectivity index (χ4v) is 6.79. The van der Waals surface area contributed by atoms with Crippen molar-refractivity contribution < 1.29 is 22.7 Å². The van der Waals surface area contributed by atoms with Gasteiger partial charge in [-0.25, -0.2) is 8.42 Å². The quantitative estimate of drug-likeness (QED) is 0.281. The van der Waals surface area contributed by atoms with E-state index in [2.05, 4.69) is 5.32 Å². The van der Waals surface area contributed by atoms with Gasteiger partial charge >= 0.3 is 0 Å². The standard InChI is InChI=1S/C31H35Cl2N3O5S/c1-21-8-15-27(16-9-21)42(39,40)36(29-18-24(32)12-17-28(29)33)20-30(37)35(19-23-10-13-26(41-3)14-11-23)22(2)31(38)34-25-6-4-5-7-25/h8-18,22,25H,4-7,19-20H2,1-3H3,(H,34,38)/t22-/m0/s1. The van der Waals surface area contributed by atoms with Crippen molar-refractivity contribution in [3.05, 3.63) is 87.9 Å². The van der Waals surface area contributed by atoms with Crippen LogP contribution in [0.3, 0.4) is 0 Å². The van der Waals surface area contributed by atoms with Gasteiger partial charge in [0.2, 0.25) is 11.8 Å². The largest absolute Gasteiger partial charge is 0.497 e. The van der Waals surface area contributed by atoms with Crippen LogP contribution in [0.5, 0.6) is 5.75 Å². The zero-order chi connectivity index (χ0) is 30.4. The van der Waals surface area contributed by atoms with E-state index in [9.17, 15) is 18.0 Å². The number of hydrogen-bond acceptors (Lipinski definition) is 5. The molecule has 1 aliphatic carbocycles. The summed E-state index contributed by atoms with van der Waals surface area (Å²) in [5, 5.41) is 3.42. The van der Waals surface area contributed by atoms with Crippen LogP contribution in [0.4, 0.5) is 5.69 Å². The summed E-state index contributed by atoms with van der Waals surface area (Å²) in [6.07, 6.45) is 3.86. The predicted octanol–water partition coefficient (Wildman–Crippen LogP) is 5.98. The third-order valence-electron chi connectivity index (χ3n) is 7.45. The number of hydrogen-bond donors (Lipinski definition) is 1. The zero-order valence-electron chi connectivity index (χ0n) is 23.8. The normalized spacial score (nSPS) is 14.3. The lowest BCUT2D eigenvalue weighted by Gasteiger charge is -2.32. The van der Waals surface area contributed by atoms with Crippen LogP contribution in [0.1, 0.15) is 43.7 Å². The van der Waals surface area contributed by atoms with Gasteiger partial charge in [-0.05, 0) is 74.7 Å². The molecule has 4 rings (SSSR count). The number of nitrogens with zero attached hydrogens (tertiary/aromatic N) is 2. The molecule has 0 aliphatic heterocycles. The molecule has 1 N–H and O–H groups in total. The van der Waals surface area contributed by atoms with Crippen LogP contribution < -0.4 is 14.4 Å². The van der Waals surface area contributed by atoms with Crippen LogP contribution in [0.2, 0.25) is 10.0 Å². The molecule has 8 nitrogen and oxygen atoms in total. The number of benzene rings is 3. The molecule has 1 aliphatic rings. The number of carbonyl (C=O) groups is 2. The molecular formula is C31H35Cl2N3O5S. The van der Waals surface area contributed by atoms with E-state index in [1.165, 1.54) is 35.2 Å². The SMILES string of the molecule is COc1ccc(CN(C(=O)CN(c2cc(Cl)ccc2Cl)S(=O)(=O)c2ccc(C)cc2)[C@@H](C)C(=O)NC2CCCC2)cc1. The van der Waals surface area contributed by atoms with Crippen molar-refractivity contribution in [3.63, 3.8) is 0 Å². The molecule has 42 heavy (non-hydrogen) atoms. The minimum Gasteiger partial charge on any atom is -0.497 e. The Morgan fingerprint density at radius 3 is 2.26 bits per heavy atom. The number of halogens is 2. The van der Waals surface area contributed by atoms with Gasteiger partial charge in [-0.2, -0.15) is 0 Å². The first-order valence-corrected chi connectivity index (χ1v) is 16.0. The first kappa shape index (κ1) is 31.7. The Hall–Kier alpha value is -3.27. The monoisotopic (exact) mass is 631 g/mol. The average molecular weight is 633 g/mol. The van der Waals surface area contributed by atoms with Gasteiger partial charge in [0.05, 0.1) is 22.7 Å². The average Bonchev–Trinajstić information content (AvgIpc) is 3.49. The van der Waals surface area contributed by atoms with Gasteiger partial charge in [0.25, 0.3) is 10.0 Å². The minimum atomic E-state index is -4.26. The molecule has 3 aromatic carbocycles. The molecule has 1 atom stereocenters. The van der Waals surface area contributed by atoms with E-state index in [0.717, 1.165) is 41.1 Å². The lowest BCUT2D eigenvalue weighted by molar-refractivity contribution is -0.139. The summed E-state index contributed by atoms with van der Waals surface area (Å²) in [5.74, 6) is -0.223. The van der Waals surface area contributed by atoms with Gasteiger partial charge in [0.1, 0.15) is 18.3 Å². The highest BCUT2D eigenvalue weighted by Crippen LogP contribution is 2.33. The number of sulfonamides is 1.